The Hall–Kier alpha value is -3.64. The van der Waals surface area contributed by atoms with E-state index in [4.69, 9.17) is 4.74 Å². The normalized spacial score (nSPS) is 14.3. The minimum absolute atomic E-state index is 0.0219. The van der Waals surface area contributed by atoms with E-state index in [0.717, 1.165) is 43.8 Å². The molecule has 182 valence electrons. The lowest BCUT2D eigenvalue weighted by Crippen LogP contribution is -2.38. The fraction of sp³-hybridized carbons (Fsp3) is 0.310. The zero-order valence-electron chi connectivity index (χ0n) is 20.2. The predicted octanol–water partition coefficient (Wildman–Crippen LogP) is 4.87. The van der Waals surface area contributed by atoms with Gasteiger partial charge in [0.1, 0.15) is 5.75 Å². The molecule has 0 atom stereocenters. The van der Waals surface area contributed by atoms with Gasteiger partial charge in [-0.2, -0.15) is 0 Å². The molecule has 3 aromatic carbocycles. The minimum Gasteiger partial charge on any atom is -0.494 e. The molecule has 0 saturated carbocycles. The van der Waals surface area contributed by atoms with Crippen molar-refractivity contribution in [3.63, 3.8) is 0 Å². The summed E-state index contributed by atoms with van der Waals surface area (Å²) < 4.78 is 5.61. The molecule has 0 unspecified atom stereocenters. The summed E-state index contributed by atoms with van der Waals surface area (Å²) in [4.78, 5) is 28.2. The Balaban J connectivity index is 1.29. The Morgan fingerprint density at radius 2 is 1.63 bits per heavy atom. The number of carbonyl (C=O) groups excluding carboxylic acids is 2. The Morgan fingerprint density at radius 1 is 0.914 bits per heavy atom. The van der Waals surface area contributed by atoms with Crippen LogP contribution in [0.15, 0.2) is 78.9 Å². The lowest BCUT2D eigenvalue weighted by molar-refractivity contribution is -0.121. The van der Waals surface area contributed by atoms with Crippen molar-refractivity contribution in [3.05, 3.63) is 95.6 Å². The number of nitrogens with one attached hydrogen (secondary N) is 2. The van der Waals surface area contributed by atoms with Gasteiger partial charge in [-0.1, -0.05) is 54.6 Å². The van der Waals surface area contributed by atoms with Gasteiger partial charge in [0.15, 0.2) is 0 Å². The van der Waals surface area contributed by atoms with Crippen molar-refractivity contribution in [1.29, 1.82) is 0 Å². The molecule has 6 nitrogen and oxygen atoms in total. The highest BCUT2D eigenvalue weighted by atomic mass is 16.5. The average Bonchev–Trinajstić information content (AvgIpc) is 2.89. The Morgan fingerprint density at radius 3 is 2.40 bits per heavy atom. The van der Waals surface area contributed by atoms with Gasteiger partial charge in [0.05, 0.1) is 17.9 Å². The zero-order chi connectivity index (χ0) is 24.5. The standard InChI is InChI=1S/C29H33N3O3/c1-2-35-25-12-8-11-23(19-25)21-32-17-15-24(16-18-32)28(33)31-27-14-7-6-13-26(27)29(34)30-20-22-9-4-3-5-10-22/h3-14,19,24H,2,15-18,20-21H2,1H3,(H,30,34)(H,31,33). The lowest BCUT2D eigenvalue weighted by Gasteiger charge is -2.31. The van der Waals surface area contributed by atoms with Crippen molar-refractivity contribution in [2.75, 3.05) is 25.0 Å². The van der Waals surface area contributed by atoms with E-state index in [1.807, 2.05) is 61.5 Å². The number of nitrogens with zero attached hydrogens (tertiary/aromatic N) is 1. The van der Waals surface area contributed by atoms with Gasteiger partial charge in [-0.15, -0.1) is 0 Å². The largest absolute Gasteiger partial charge is 0.494 e. The fourth-order valence-corrected chi connectivity index (χ4v) is 4.41. The van der Waals surface area contributed by atoms with Crippen LogP contribution in [0.25, 0.3) is 0 Å². The molecule has 4 rings (SSSR count). The number of benzene rings is 3. The van der Waals surface area contributed by atoms with E-state index in [1.54, 1.807) is 12.1 Å². The Kier molecular flexibility index (Phi) is 8.52. The molecule has 1 heterocycles. The summed E-state index contributed by atoms with van der Waals surface area (Å²) in [7, 11) is 0. The first-order valence-electron chi connectivity index (χ1n) is 12.3. The van der Waals surface area contributed by atoms with E-state index >= 15 is 0 Å². The molecule has 0 radical (unpaired) electrons. The van der Waals surface area contributed by atoms with Gasteiger partial charge in [-0.05, 0) is 68.2 Å². The number of anilines is 1. The first-order chi connectivity index (χ1) is 17.1. The Labute approximate surface area is 207 Å². The third-order valence-electron chi connectivity index (χ3n) is 6.30. The van der Waals surface area contributed by atoms with Crippen LogP contribution in [0.5, 0.6) is 5.75 Å². The van der Waals surface area contributed by atoms with E-state index in [0.29, 0.717) is 24.4 Å². The molecule has 1 fully saturated rings. The number of carbonyl (C=O) groups is 2. The van der Waals surface area contributed by atoms with Gasteiger partial charge in [0.2, 0.25) is 5.91 Å². The van der Waals surface area contributed by atoms with Gasteiger partial charge in [0, 0.05) is 19.0 Å². The summed E-state index contributed by atoms with van der Waals surface area (Å²) in [6.07, 6.45) is 1.58. The highest BCUT2D eigenvalue weighted by Crippen LogP contribution is 2.23. The minimum atomic E-state index is -0.200. The van der Waals surface area contributed by atoms with E-state index in [1.165, 1.54) is 5.56 Å². The van der Waals surface area contributed by atoms with E-state index in [2.05, 4.69) is 27.7 Å². The van der Waals surface area contributed by atoms with Gasteiger partial charge in [-0.3, -0.25) is 14.5 Å². The summed E-state index contributed by atoms with van der Waals surface area (Å²) in [5.41, 5.74) is 3.27. The number of amides is 2. The van der Waals surface area contributed by atoms with Crippen LogP contribution in [-0.4, -0.2) is 36.4 Å². The molecule has 0 bridgehead atoms. The van der Waals surface area contributed by atoms with E-state index < -0.39 is 0 Å². The van der Waals surface area contributed by atoms with Gasteiger partial charge < -0.3 is 15.4 Å². The second kappa shape index (κ2) is 12.2. The van der Waals surface area contributed by atoms with Crippen molar-refractivity contribution in [3.8, 4) is 5.75 Å². The smallest absolute Gasteiger partial charge is 0.253 e. The van der Waals surface area contributed by atoms with Crippen LogP contribution in [0.3, 0.4) is 0 Å². The summed E-state index contributed by atoms with van der Waals surface area (Å²) in [6, 6.07) is 25.1. The second-order valence-corrected chi connectivity index (χ2v) is 8.83. The van der Waals surface area contributed by atoms with Crippen molar-refractivity contribution >= 4 is 17.5 Å². The Bertz CT molecular complexity index is 1120. The highest BCUT2D eigenvalue weighted by Gasteiger charge is 2.26. The molecule has 3 aromatic rings. The second-order valence-electron chi connectivity index (χ2n) is 8.83. The molecule has 0 aliphatic carbocycles. The van der Waals surface area contributed by atoms with E-state index in [-0.39, 0.29) is 17.7 Å². The topological polar surface area (TPSA) is 70.7 Å². The number of piperidine rings is 1. The number of likely N-dealkylation sites (tertiary alicyclic amines) is 1. The molecule has 1 saturated heterocycles. The summed E-state index contributed by atoms with van der Waals surface area (Å²) in [5, 5.41) is 5.95. The fourth-order valence-electron chi connectivity index (χ4n) is 4.41. The number of ether oxygens (including phenoxy) is 1. The summed E-state index contributed by atoms with van der Waals surface area (Å²) in [5.74, 6) is 0.604. The maximum Gasteiger partial charge on any atom is 0.253 e. The van der Waals surface area contributed by atoms with Crippen LogP contribution >= 0.6 is 0 Å². The van der Waals surface area contributed by atoms with Crippen LogP contribution in [0.1, 0.15) is 41.3 Å². The molecule has 1 aliphatic rings. The number of hydrogen-bond donors (Lipinski definition) is 2. The monoisotopic (exact) mass is 471 g/mol. The van der Waals surface area contributed by atoms with Crippen molar-refractivity contribution < 1.29 is 14.3 Å². The molecule has 2 amide bonds. The average molecular weight is 472 g/mol. The molecular formula is C29H33N3O3. The number of hydrogen-bond acceptors (Lipinski definition) is 4. The summed E-state index contributed by atoms with van der Waals surface area (Å²) >= 11 is 0. The third kappa shape index (κ3) is 6.93. The van der Waals surface area contributed by atoms with Crippen LogP contribution in [0.2, 0.25) is 0 Å². The first-order valence-corrected chi connectivity index (χ1v) is 12.3. The molecule has 2 N–H and O–H groups in total. The molecule has 0 spiro atoms. The van der Waals surface area contributed by atoms with Gasteiger partial charge in [-0.25, -0.2) is 0 Å². The lowest BCUT2D eigenvalue weighted by atomic mass is 9.95. The number of rotatable bonds is 9. The molecule has 6 heteroatoms. The predicted molar refractivity (Wildman–Crippen MR) is 138 cm³/mol. The quantitative estimate of drug-likeness (QED) is 0.467. The first kappa shape index (κ1) is 24.5. The molecule has 0 aromatic heterocycles. The zero-order valence-corrected chi connectivity index (χ0v) is 20.2. The van der Waals surface area contributed by atoms with Crippen molar-refractivity contribution in [2.24, 2.45) is 5.92 Å². The van der Waals surface area contributed by atoms with Crippen LogP contribution in [0, 0.1) is 5.92 Å². The maximum atomic E-state index is 13.0. The maximum absolute atomic E-state index is 13.0. The number of para-hydroxylation sites is 1. The molecule has 1 aliphatic heterocycles. The van der Waals surface area contributed by atoms with E-state index in [9.17, 15) is 9.59 Å². The molecular weight excluding hydrogens is 438 g/mol. The van der Waals surface area contributed by atoms with Crippen LogP contribution in [0.4, 0.5) is 5.69 Å². The summed E-state index contributed by atoms with van der Waals surface area (Å²) in [6.45, 7) is 5.64. The highest BCUT2D eigenvalue weighted by molar-refractivity contribution is 6.04. The molecule has 35 heavy (non-hydrogen) atoms. The van der Waals surface area contributed by atoms with Crippen LogP contribution < -0.4 is 15.4 Å². The third-order valence-corrected chi connectivity index (χ3v) is 6.30. The van der Waals surface area contributed by atoms with Crippen LogP contribution in [-0.2, 0) is 17.9 Å². The SMILES string of the molecule is CCOc1cccc(CN2CCC(C(=O)Nc3ccccc3C(=O)NCc3ccccc3)CC2)c1. The van der Waals surface area contributed by atoms with Crippen molar-refractivity contribution in [2.45, 2.75) is 32.9 Å². The van der Waals surface area contributed by atoms with Gasteiger partial charge >= 0.3 is 0 Å². The van der Waals surface area contributed by atoms with Crippen molar-refractivity contribution in [1.82, 2.24) is 10.2 Å². The van der Waals surface area contributed by atoms with Gasteiger partial charge in [0.25, 0.3) is 5.91 Å².